The highest BCUT2D eigenvalue weighted by atomic mass is 16.5. The summed E-state index contributed by atoms with van der Waals surface area (Å²) >= 11 is 0. The average Bonchev–Trinajstić information content (AvgIpc) is 2.95. The second-order valence-corrected chi connectivity index (χ2v) is 9.56. The molecule has 0 aliphatic carbocycles. The molecular formula is C29H54N4O8. The number of aliphatic hydroxyl groups is 2. The van der Waals surface area contributed by atoms with Gasteiger partial charge >= 0.3 is 0 Å². The summed E-state index contributed by atoms with van der Waals surface area (Å²) in [4.78, 5) is 45.7. The van der Waals surface area contributed by atoms with Crippen LogP contribution in [-0.4, -0.2) is 92.6 Å². The zero-order chi connectivity index (χ0) is 31.0. The van der Waals surface area contributed by atoms with Crippen LogP contribution < -0.4 is 21.7 Å². The van der Waals surface area contributed by atoms with Crippen molar-refractivity contribution in [1.82, 2.24) is 16.0 Å². The number of amides is 4. The largest absolute Gasteiger partial charge is 0.396 e. The van der Waals surface area contributed by atoms with Gasteiger partial charge in [-0.15, -0.1) is 6.42 Å². The molecule has 1 unspecified atom stereocenters. The van der Waals surface area contributed by atoms with Gasteiger partial charge in [0.25, 0.3) is 0 Å². The lowest BCUT2D eigenvalue weighted by Crippen LogP contribution is -2.49. The molecule has 0 rings (SSSR count). The average molecular weight is 587 g/mol. The third-order valence-corrected chi connectivity index (χ3v) is 6.32. The van der Waals surface area contributed by atoms with Crippen LogP contribution in [0, 0.1) is 12.3 Å². The Kier molecular flexibility index (Phi) is 29.8. The molecule has 0 saturated heterocycles. The number of hydrogen-bond acceptors (Lipinski definition) is 8. The van der Waals surface area contributed by atoms with E-state index in [1.807, 2.05) is 6.92 Å². The maximum absolute atomic E-state index is 12.7. The van der Waals surface area contributed by atoms with Gasteiger partial charge in [-0.25, -0.2) is 0 Å². The van der Waals surface area contributed by atoms with Crippen molar-refractivity contribution in [3.63, 3.8) is 0 Å². The number of ether oxygens (including phenoxy) is 2. The van der Waals surface area contributed by atoms with Crippen molar-refractivity contribution in [2.45, 2.75) is 95.9 Å². The molecule has 0 aromatic rings. The smallest absolute Gasteiger partial charge is 0.220 e. The van der Waals surface area contributed by atoms with E-state index >= 15 is 0 Å². The Labute approximate surface area is 245 Å². The van der Waals surface area contributed by atoms with E-state index in [1.54, 1.807) is 0 Å². The van der Waals surface area contributed by atoms with Gasteiger partial charge in [-0.2, -0.15) is 0 Å². The van der Waals surface area contributed by atoms with Crippen molar-refractivity contribution in [3.05, 3.63) is 0 Å². The SMILES string of the molecule is C#CCOCCOCCNC(=O)CCC(CC)(CCCCO)NC(=O)CCCC(=O)NCCCCCCO.NC=O. The van der Waals surface area contributed by atoms with Crippen molar-refractivity contribution in [1.29, 1.82) is 0 Å². The molecule has 0 heterocycles. The Morgan fingerprint density at radius 2 is 1.39 bits per heavy atom. The van der Waals surface area contributed by atoms with Crippen LogP contribution in [0.2, 0.25) is 0 Å². The van der Waals surface area contributed by atoms with Crippen LogP contribution in [0.15, 0.2) is 0 Å². The van der Waals surface area contributed by atoms with Gasteiger partial charge in [-0.1, -0.05) is 25.7 Å². The summed E-state index contributed by atoms with van der Waals surface area (Å²) in [5.74, 6) is 2.07. The van der Waals surface area contributed by atoms with Crippen molar-refractivity contribution >= 4 is 24.1 Å². The third kappa shape index (κ3) is 27.2. The van der Waals surface area contributed by atoms with Crippen molar-refractivity contribution < 1.29 is 38.9 Å². The minimum Gasteiger partial charge on any atom is -0.396 e. The Bertz CT molecular complexity index is 717. The monoisotopic (exact) mass is 586 g/mol. The van der Waals surface area contributed by atoms with Crippen LogP contribution in [0.3, 0.4) is 0 Å². The molecule has 0 radical (unpaired) electrons. The fourth-order valence-corrected chi connectivity index (χ4v) is 4.00. The molecule has 41 heavy (non-hydrogen) atoms. The number of unbranched alkanes of at least 4 members (excludes halogenated alkanes) is 4. The molecule has 0 aliphatic heterocycles. The van der Waals surface area contributed by atoms with Crippen LogP contribution in [-0.2, 0) is 28.7 Å². The van der Waals surface area contributed by atoms with Crippen LogP contribution in [0.4, 0.5) is 0 Å². The first-order chi connectivity index (χ1) is 19.8. The number of rotatable bonds is 26. The second-order valence-electron chi connectivity index (χ2n) is 9.56. The van der Waals surface area contributed by atoms with E-state index in [4.69, 9.17) is 25.8 Å². The summed E-state index contributed by atoms with van der Waals surface area (Å²) < 4.78 is 10.5. The first kappa shape index (κ1) is 40.4. The highest BCUT2D eigenvalue weighted by molar-refractivity contribution is 5.79. The number of nitrogens with one attached hydrogen (secondary N) is 3. The van der Waals surface area contributed by atoms with E-state index in [-0.39, 0.29) is 63.2 Å². The standard InChI is InChI=1S/C28H51N3O7.CH3NO/c1-3-21-37-23-24-38-22-18-30-26(35)14-16-28(4-2,15-7-10-20-33)31-27(36)13-11-12-25(34)29-17-8-5-6-9-19-32;2-1-3/h1,32-33H,4-24H2,2H3,(H,29,34)(H,30,35)(H,31,36);1H,(H2,2,3). The number of hydrogen-bond donors (Lipinski definition) is 6. The lowest BCUT2D eigenvalue weighted by atomic mass is 9.84. The van der Waals surface area contributed by atoms with E-state index in [2.05, 4.69) is 27.6 Å². The molecule has 0 saturated carbocycles. The number of terminal acetylenes is 1. The molecule has 7 N–H and O–H groups in total. The highest BCUT2D eigenvalue weighted by Gasteiger charge is 2.30. The van der Waals surface area contributed by atoms with E-state index in [9.17, 15) is 19.5 Å². The maximum atomic E-state index is 12.7. The zero-order valence-corrected chi connectivity index (χ0v) is 24.9. The number of aliphatic hydroxyl groups excluding tert-OH is 2. The summed E-state index contributed by atoms with van der Waals surface area (Å²) in [5, 5.41) is 26.8. The molecule has 0 bridgehead atoms. The second kappa shape index (κ2) is 30.2. The van der Waals surface area contributed by atoms with Gasteiger partial charge in [0.2, 0.25) is 24.1 Å². The molecule has 0 aromatic heterocycles. The molecule has 238 valence electrons. The number of carbonyl (C=O) groups is 4. The summed E-state index contributed by atoms with van der Waals surface area (Å²) in [6, 6.07) is 0. The van der Waals surface area contributed by atoms with Gasteiger partial charge in [0.05, 0.1) is 19.8 Å². The lowest BCUT2D eigenvalue weighted by molar-refractivity contribution is -0.126. The quantitative estimate of drug-likeness (QED) is 0.0490. The van der Waals surface area contributed by atoms with Crippen LogP contribution in [0.5, 0.6) is 0 Å². The van der Waals surface area contributed by atoms with Crippen molar-refractivity contribution in [3.8, 4) is 12.3 Å². The molecule has 0 aromatic carbocycles. The van der Waals surface area contributed by atoms with Gasteiger partial charge in [0.15, 0.2) is 0 Å². The van der Waals surface area contributed by atoms with Gasteiger partial charge in [-0.3, -0.25) is 19.2 Å². The summed E-state index contributed by atoms with van der Waals surface area (Å²) in [5.41, 5.74) is 3.63. The molecule has 0 aliphatic rings. The van der Waals surface area contributed by atoms with Crippen LogP contribution >= 0.6 is 0 Å². The highest BCUT2D eigenvalue weighted by Crippen LogP contribution is 2.25. The van der Waals surface area contributed by atoms with Gasteiger partial charge in [0, 0.05) is 51.1 Å². The molecule has 0 spiro atoms. The van der Waals surface area contributed by atoms with E-state index in [0.717, 1.165) is 32.1 Å². The number of nitrogens with two attached hydrogens (primary N) is 1. The van der Waals surface area contributed by atoms with Gasteiger partial charge < -0.3 is 41.4 Å². The predicted molar refractivity (Wildman–Crippen MR) is 157 cm³/mol. The Hall–Kier alpha value is -2.72. The summed E-state index contributed by atoms with van der Waals surface area (Å²) in [7, 11) is 0. The van der Waals surface area contributed by atoms with E-state index in [1.165, 1.54) is 0 Å². The molecule has 4 amide bonds. The first-order valence-electron chi connectivity index (χ1n) is 14.6. The van der Waals surface area contributed by atoms with E-state index in [0.29, 0.717) is 65.0 Å². The maximum Gasteiger partial charge on any atom is 0.220 e. The first-order valence-corrected chi connectivity index (χ1v) is 14.6. The summed E-state index contributed by atoms with van der Waals surface area (Å²) in [6.45, 7) is 4.68. The topological polar surface area (TPSA) is 189 Å². The third-order valence-electron chi connectivity index (χ3n) is 6.32. The Morgan fingerprint density at radius 3 is 2.05 bits per heavy atom. The molecule has 12 nitrogen and oxygen atoms in total. The minimum atomic E-state index is -0.536. The number of carbonyl (C=O) groups excluding carboxylic acids is 4. The van der Waals surface area contributed by atoms with Gasteiger partial charge in [-0.05, 0) is 51.4 Å². The Morgan fingerprint density at radius 1 is 0.805 bits per heavy atom. The minimum absolute atomic E-state index is 0.0644. The van der Waals surface area contributed by atoms with Crippen molar-refractivity contribution in [2.24, 2.45) is 5.73 Å². The lowest BCUT2D eigenvalue weighted by Gasteiger charge is -2.34. The molecular weight excluding hydrogens is 532 g/mol. The summed E-state index contributed by atoms with van der Waals surface area (Å²) in [6.07, 6.45) is 13.3. The van der Waals surface area contributed by atoms with E-state index < -0.39 is 5.54 Å². The Balaban J connectivity index is 0. The zero-order valence-electron chi connectivity index (χ0n) is 24.9. The van der Waals surface area contributed by atoms with Crippen LogP contribution in [0.25, 0.3) is 0 Å². The van der Waals surface area contributed by atoms with Crippen LogP contribution in [0.1, 0.15) is 90.4 Å². The molecule has 12 heteroatoms. The van der Waals surface area contributed by atoms with Gasteiger partial charge in [0.1, 0.15) is 6.61 Å². The predicted octanol–water partition coefficient (Wildman–Crippen LogP) is 0.918. The van der Waals surface area contributed by atoms with Crippen molar-refractivity contribution in [2.75, 3.05) is 52.7 Å². The fraction of sp³-hybridized carbons (Fsp3) is 0.793. The normalized spacial score (nSPS) is 11.8. The molecule has 1 atom stereocenters. The molecule has 0 fully saturated rings. The fourth-order valence-electron chi connectivity index (χ4n) is 4.00. The number of primary amides is 1.